The third-order valence-electron chi connectivity index (χ3n) is 4.10. The van der Waals surface area contributed by atoms with E-state index in [0.717, 1.165) is 43.2 Å². The Morgan fingerprint density at radius 3 is 3.05 bits per heavy atom. The first kappa shape index (κ1) is 12.3. The topological polar surface area (TPSA) is 72.3 Å². The van der Waals surface area contributed by atoms with Crippen LogP contribution in [-0.2, 0) is 0 Å². The predicted molar refractivity (Wildman–Crippen MR) is 74.1 cm³/mol. The van der Waals surface area contributed by atoms with Gasteiger partial charge in [0.15, 0.2) is 5.82 Å². The molecule has 0 aliphatic carbocycles. The Morgan fingerprint density at radius 1 is 1.42 bits per heavy atom. The Kier molecular flexibility index (Phi) is 3.10. The minimum absolute atomic E-state index is 0.306. The monoisotopic (exact) mass is 260 g/mol. The fourth-order valence-corrected chi connectivity index (χ4v) is 2.83. The van der Waals surface area contributed by atoms with E-state index in [1.165, 1.54) is 0 Å². The first-order valence-electron chi connectivity index (χ1n) is 6.87. The zero-order chi connectivity index (χ0) is 13.4. The number of rotatable bonds is 2. The van der Waals surface area contributed by atoms with E-state index < -0.39 is 0 Å². The van der Waals surface area contributed by atoms with Crippen LogP contribution < -0.4 is 10.6 Å². The highest BCUT2D eigenvalue weighted by Gasteiger charge is 2.27. The van der Waals surface area contributed by atoms with E-state index in [1.807, 2.05) is 23.7 Å². The number of hydrogen-bond donors (Lipinski definition) is 1. The Morgan fingerprint density at radius 2 is 2.26 bits per heavy atom. The summed E-state index contributed by atoms with van der Waals surface area (Å²) >= 11 is 0. The Balaban J connectivity index is 1.96. The molecule has 6 nitrogen and oxygen atoms in total. The second-order valence-electron chi connectivity index (χ2n) is 5.26. The number of anilines is 1. The smallest absolute Gasteiger partial charge is 0.203 e. The summed E-state index contributed by atoms with van der Waals surface area (Å²) < 4.78 is 1.98. The molecule has 1 saturated heterocycles. The van der Waals surface area contributed by atoms with Gasteiger partial charge >= 0.3 is 0 Å². The van der Waals surface area contributed by atoms with Crippen LogP contribution in [0.2, 0.25) is 0 Å². The molecule has 1 aliphatic heterocycles. The first-order valence-corrected chi connectivity index (χ1v) is 6.87. The summed E-state index contributed by atoms with van der Waals surface area (Å²) in [6.45, 7) is 6.04. The molecule has 0 amide bonds. The fraction of sp³-hybridized carbons (Fsp3) is 0.615. The second-order valence-corrected chi connectivity index (χ2v) is 5.26. The molecule has 3 rings (SSSR count). The number of hydrogen-bond acceptors (Lipinski definition) is 5. The van der Waals surface area contributed by atoms with E-state index in [2.05, 4.69) is 27.0 Å². The zero-order valence-corrected chi connectivity index (χ0v) is 11.5. The highest BCUT2D eigenvalue weighted by atomic mass is 15.3. The summed E-state index contributed by atoms with van der Waals surface area (Å²) in [4.78, 5) is 6.79. The van der Waals surface area contributed by atoms with Crippen molar-refractivity contribution in [3.63, 3.8) is 0 Å². The Hall–Kier alpha value is -1.69. The molecule has 3 heterocycles. The van der Waals surface area contributed by atoms with Gasteiger partial charge in [-0.15, -0.1) is 10.2 Å². The van der Waals surface area contributed by atoms with Gasteiger partial charge < -0.3 is 10.6 Å². The molecule has 2 aromatic rings. The van der Waals surface area contributed by atoms with Gasteiger partial charge in [-0.25, -0.2) is 4.98 Å². The van der Waals surface area contributed by atoms with Gasteiger partial charge in [-0.05, 0) is 19.3 Å². The summed E-state index contributed by atoms with van der Waals surface area (Å²) in [5.74, 6) is 2.34. The van der Waals surface area contributed by atoms with E-state index in [0.29, 0.717) is 12.0 Å². The highest BCUT2D eigenvalue weighted by molar-refractivity contribution is 5.63. The summed E-state index contributed by atoms with van der Waals surface area (Å²) in [6.07, 6.45) is 5.83. The number of aryl methyl sites for hydroxylation is 1. The van der Waals surface area contributed by atoms with Gasteiger partial charge in [0.25, 0.3) is 0 Å². The maximum absolute atomic E-state index is 6.17. The maximum Gasteiger partial charge on any atom is 0.203 e. The van der Waals surface area contributed by atoms with Gasteiger partial charge in [0, 0.05) is 31.5 Å². The zero-order valence-electron chi connectivity index (χ0n) is 11.5. The molecule has 1 fully saturated rings. The number of nitrogens with zero attached hydrogens (tertiary/aromatic N) is 5. The number of piperidine rings is 1. The van der Waals surface area contributed by atoms with E-state index in [1.54, 1.807) is 0 Å². The van der Waals surface area contributed by atoms with Crippen molar-refractivity contribution in [2.45, 2.75) is 32.7 Å². The van der Waals surface area contributed by atoms with E-state index >= 15 is 0 Å². The average Bonchev–Trinajstić information content (AvgIpc) is 2.81. The molecule has 2 unspecified atom stereocenters. The molecule has 2 N–H and O–H groups in total. The molecule has 2 aromatic heterocycles. The van der Waals surface area contributed by atoms with Crippen molar-refractivity contribution in [1.29, 1.82) is 0 Å². The lowest BCUT2D eigenvalue weighted by Crippen LogP contribution is -2.47. The minimum atomic E-state index is 0.306. The quantitative estimate of drug-likeness (QED) is 0.872. The van der Waals surface area contributed by atoms with Crippen molar-refractivity contribution < 1.29 is 0 Å². The van der Waals surface area contributed by atoms with Crippen molar-refractivity contribution >= 4 is 11.5 Å². The van der Waals surface area contributed by atoms with E-state index in [9.17, 15) is 0 Å². The van der Waals surface area contributed by atoms with Crippen LogP contribution in [0.4, 0.5) is 5.82 Å². The van der Waals surface area contributed by atoms with Gasteiger partial charge in [0.05, 0.1) is 0 Å². The molecule has 0 radical (unpaired) electrons. The molecule has 1 aliphatic rings. The van der Waals surface area contributed by atoms with E-state index in [4.69, 9.17) is 5.73 Å². The molecule has 0 aromatic carbocycles. The van der Waals surface area contributed by atoms with Crippen LogP contribution in [0.25, 0.3) is 5.65 Å². The van der Waals surface area contributed by atoms with Crippen molar-refractivity contribution in [2.75, 3.05) is 18.0 Å². The van der Waals surface area contributed by atoms with Gasteiger partial charge in [0.1, 0.15) is 5.82 Å². The minimum Gasteiger partial charge on any atom is -0.353 e. The average molecular weight is 260 g/mol. The molecule has 6 heteroatoms. The number of fused-ring (bicyclic) bond motifs is 1. The van der Waals surface area contributed by atoms with Gasteiger partial charge in [-0.3, -0.25) is 4.40 Å². The van der Waals surface area contributed by atoms with Crippen LogP contribution in [-0.4, -0.2) is 38.7 Å². The van der Waals surface area contributed by atoms with Crippen molar-refractivity contribution in [1.82, 2.24) is 19.6 Å². The molecule has 0 saturated carbocycles. The highest BCUT2D eigenvalue weighted by Crippen LogP contribution is 2.25. The van der Waals surface area contributed by atoms with Crippen LogP contribution in [0.3, 0.4) is 0 Å². The standard InChI is InChI=1S/C13H20N6/c1-3-10-8-18(6-4-11(10)14)12-13-17-16-9(2)19(13)7-5-15-12/h5,7,10-11H,3-4,6,8,14H2,1-2H3. The summed E-state index contributed by atoms with van der Waals surface area (Å²) in [5, 5.41) is 8.37. The molecular weight excluding hydrogens is 240 g/mol. The van der Waals surface area contributed by atoms with Gasteiger partial charge in [-0.2, -0.15) is 0 Å². The van der Waals surface area contributed by atoms with Crippen molar-refractivity contribution in [2.24, 2.45) is 11.7 Å². The Bertz CT molecular complexity index is 578. The third-order valence-corrected chi connectivity index (χ3v) is 4.10. The molecule has 102 valence electrons. The van der Waals surface area contributed by atoms with Crippen LogP contribution in [0.15, 0.2) is 12.4 Å². The first-order chi connectivity index (χ1) is 9.20. The van der Waals surface area contributed by atoms with Crippen LogP contribution in [0, 0.1) is 12.8 Å². The SMILES string of the molecule is CCC1CN(c2nccn3c(C)nnc23)CCC1N. The summed E-state index contributed by atoms with van der Waals surface area (Å²) in [7, 11) is 0. The predicted octanol–water partition coefficient (Wildman–Crippen LogP) is 0.996. The summed E-state index contributed by atoms with van der Waals surface area (Å²) in [6, 6.07) is 0.306. The molecule has 19 heavy (non-hydrogen) atoms. The Labute approximate surface area is 112 Å². The third kappa shape index (κ3) is 2.06. The molecule has 2 atom stereocenters. The maximum atomic E-state index is 6.17. The summed E-state index contributed by atoms with van der Waals surface area (Å²) in [5.41, 5.74) is 7.00. The van der Waals surface area contributed by atoms with Gasteiger partial charge in [0.2, 0.25) is 5.65 Å². The lowest BCUT2D eigenvalue weighted by molar-refractivity contribution is 0.347. The molecule has 0 spiro atoms. The normalized spacial score (nSPS) is 24.1. The lowest BCUT2D eigenvalue weighted by atomic mass is 9.91. The molecular formula is C13H20N6. The van der Waals surface area contributed by atoms with Crippen LogP contribution in [0.5, 0.6) is 0 Å². The number of nitrogens with two attached hydrogens (primary N) is 1. The van der Waals surface area contributed by atoms with Crippen LogP contribution in [0.1, 0.15) is 25.6 Å². The molecule has 0 bridgehead atoms. The van der Waals surface area contributed by atoms with Crippen molar-refractivity contribution in [3.05, 3.63) is 18.2 Å². The van der Waals surface area contributed by atoms with E-state index in [-0.39, 0.29) is 0 Å². The number of aromatic nitrogens is 4. The largest absolute Gasteiger partial charge is 0.353 e. The lowest BCUT2D eigenvalue weighted by Gasteiger charge is -2.37. The second kappa shape index (κ2) is 4.77. The van der Waals surface area contributed by atoms with Gasteiger partial charge in [-0.1, -0.05) is 13.3 Å². The van der Waals surface area contributed by atoms with Crippen molar-refractivity contribution in [3.8, 4) is 0 Å². The van der Waals surface area contributed by atoms with Crippen LogP contribution >= 0.6 is 0 Å². The fourth-order valence-electron chi connectivity index (χ4n) is 2.83.